The van der Waals surface area contributed by atoms with Crippen molar-refractivity contribution in [2.45, 2.75) is 20.0 Å². The number of benzene rings is 1. The Labute approximate surface area is 174 Å². The van der Waals surface area contributed by atoms with Gasteiger partial charge in [0.05, 0.1) is 32.5 Å². The van der Waals surface area contributed by atoms with E-state index in [1.807, 2.05) is 24.1 Å². The standard InChI is InChI=1S/C22H36N4O3/c1-18(2)14-25-8-13-29-21(16-25)15-24(3)17-22(27)23-19-4-6-20(7-5-19)26-9-11-28-12-10-26/h4-7,18,21H,8-17H2,1-3H3,(H,23,27)/t21-/m0/s1. The molecule has 0 spiro atoms. The summed E-state index contributed by atoms with van der Waals surface area (Å²) in [6.45, 7) is 12.8. The van der Waals surface area contributed by atoms with Crippen LogP contribution in [-0.2, 0) is 14.3 Å². The summed E-state index contributed by atoms with van der Waals surface area (Å²) in [6.07, 6.45) is 0.160. The first-order chi connectivity index (χ1) is 14.0. The molecule has 0 unspecified atom stereocenters. The maximum absolute atomic E-state index is 12.4. The molecule has 0 saturated carbocycles. The zero-order valence-electron chi connectivity index (χ0n) is 18.1. The maximum Gasteiger partial charge on any atom is 0.238 e. The minimum absolute atomic E-state index is 0.00136. The van der Waals surface area contributed by atoms with Gasteiger partial charge in [0.1, 0.15) is 0 Å². The fourth-order valence-electron chi connectivity index (χ4n) is 4.01. The third kappa shape index (κ3) is 7.26. The topological polar surface area (TPSA) is 57.3 Å². The monoisotopic (exact) mass is 404 g/mol. The van der Waals surface area contributed by atoms with E-state index in [1.165, 1.54) is 5.69 Å². The molecule has 1 aromatic carbocycles. The summed E-state index contributed by atoms with van der Waals surface area (Å²) >= 11 is 0. The Morgan fingerprint density at radius 2 is 1.90 bits per heavy atom. The smallest absolute Gasteiger partial charge is 0.238 e. The minimum atomic E-state index is 0.00136. The van der Waals surface area contributed by atoms with Crippen LogP contribution in [0.5, 0.6) is 0 Å². The molecule has 29 heavy (non-hydrogen) atoms. The summed E-state index contributed by atoms with van der Waals surface area (Å²) in [7, 11) is 1.98. The van der Waals surface area contributed by atoms with Crippen molar-refractivity contribution in [3.05, 3.63) is 24.3 Å². The third-order valence-electron chi connectivity index (χ3n) is 5.30. The lowest BCUT2D eigenvalue weighted by Gasteiger charge is -2.35. The van der Waals surface area contributed by atoms with Crippen molar-refractivity contribution >= 4 is 17.3 Å². The van der Waals surface area contributed by atoms with E-state index in [4.69, 9.17) is 9.47 Å². The average Bonchev–Trinajstić information content (AvgIpc) is 2.69. The molecule has 2 saturated heterocycles. The lowest BCUT2D eigenvalue weighted by molar-refractivity contribution is -0.117. The summed E-state index contributed by atoms with van der Waals surface area (Å²) < 4.78 is 11.3. The van der Waals surface area contributed by atoms with Crippen LogP contribution in [0.15, 0.2) is 24.3 Å². The molecule has 1 N–H and O–H groups in total. The predicted molar refractivity (Wildman–Crippen MR) is 117 cm³/mol. The van der Waals surface area contributed by atoms with E-state index in [0.717, 1.165) is 64.8 Å². The molecule has 0 aromatic heterocycles. The molecule has 1 atom stereocenters. The van der Waals surface area contributed by atoms with Crippen molar-refractivity contribution in [1.82, 2.24) is 9.80 Å². The van der Waals surface area contributed by atoms with E-state index >= 15 is 0 Å². The Hall–Kier alpha value is -1.67. The molecule has 2 aliphatic heterocycles. The summed E-state index contributed by atoms with van der Waals surface area (Å²) in [5.74, 6) is 0.661. The van der Waals surface area contributed by atoms with E-state index in [1.54, 1.807) is 0 Å². The van der Waals surface area contributed by atoms with E-state index in [0.29, 0.717) is 12.5 Å². The van der Waals surface area contributed by atoms with E-state index in [9.17, 15) is 4.79 Å². The van der Waals surface area contributed by atoms with Crippen molar-refractivity contribution in [3.63, 3.8) is 0 Å². The summed E-state index contributed by atoms with van der Waals surface area (Å²) in [6, 6.07) is 8.06. The molecule has 0 aliphatic carbocycles. The van der Waals surface area contributed by atoms with Crippen molar-refractivity contribution in [2.24, 2.45) is 5.92 Å². The van der Waals surface area contributed by atoms with Gasteiger partial charge in [-0.1, -0.05) is 13.8 Å². The first-order valence-electron chi connectivity index (χ1n) is 10.7. The van der Waals surface area contributed by atoms with Crippen molar-refractivity contribution in [3.8, 4) is 0 Å². The second-order valence-electron chi connectivity index (χ2n) is 8.54. The fourth-order valence-corrected chi connectivity index (χ4v) is 4.01. The number of rotatable bonds is 8. The summed E-state index contributed by atoms with van der Waals surface area (Å²) in [5, 5.41) is 3.00. The lowest BCUT2D eigenvalue weighted by atomic mass is 10.1. The van der Waals surface area contributed by atoms with Gasteiger partial charge in [-0.15, -0.1) is 0 Å². The van der Waals surface area contributed by atoms with Gasteiger partial charge < -0.3 is 19.7 Å². The van der Waals surface area contributed by atoms with Crippen LogP contribution >= 0.6 is 0 Å². The van der Waals surface area contributed by atoms with Gasteiger partial charge in [-0.05, 0) is 37.2 Å². The fraction of sp³-hybridized carbons (Fsp3) is 0.682. The van der Waals surface area contributed by atoms with Crippen LogP contribution < -0.4 is 10.2 Å². The highest BCUT2D eigenvalue weighted by molar-refractivity contribution is 5.92. The third-order valence-corrected chi connectivity index (χ3v) is 5.30. The first kappa shape index (κ1) is 22.0. The number of ether oxygens (including phenoxy) is 2. The number of morpholine rings is 2. The quantitative estimate of drug-likeness (QED) is 0.713. The molecule has 2 heterocycles. The molecule has 2 fully saturated rings. The predicted octanol–water partition coefficient (Wildman–Crippen LogP) is 1.75. The van der Waals surface area contributed by atoms with Gasteiger partial charge >= 0.3 is 0 Å². The number of likely N-dealkylation sites (N-methyl/N-ethyl adjacent to an activating group) is 1. The van der Waals surface area contributed by atoms with E-state index in [-0.39, 0.29) is 12.0 Å². The number of nitrogens with one attached hydrogen (secondary N) is 1. The number of carbonyl (C=O) groups is 1. The number of nitrogens with zero attached hydrogens (tertiary/aromatic N) is 3. The maximum atomic E-state index is 12.4. The molecular weight excluding hydrogens is 368 g/mol. The molecule has 1 aromatic rings. The number of hydrogen-bond donors (Lipinski definition) is 1. The van der Waals surface area contributed by atoms with Crippen LogP contribution in [0.4, 0.5) is 11.4 Å². The molecular formula is C22H36N4O3. The van der Waals surface area contributed by atoms with Gasteiger partial charge in [0, 0.05) is 50.6 Å². The number of anilines is 2. The van der Waals surface area contributed by atoms with Gasteiger partial charge in [-0.25, -0.2) is 0 Å². The molecule has 3 rings (SSSR count). The minimum Gasteiger partial charge on any atom is -0.378 e. The molecule has 1 amide bonds. The molecule has 162 valence electrons. The van der Waals surface area contributed by atoms with Gasteiger partial charge in [0.2, 0.25) is 5.91 Å². The van der Waals surface area contributed by atoms with Crippen molar-refractivity contribution in [2.75, 3.05) is 82.9 Å². The van der Waals surface area contributed by atoms with Crippen LogP contribution in [0.1, 0.15) is 13.8 Å². The SMILES string of the molecule is CC(C)CN1CCO[C@@H](CN(C)CC(=O)Nc2ccc(N3CCOCC3)cc2)C1. The average molecular weight is 405 g/mol. The van der Waals surface area contributed by atoms with Crippen LogP contribution in [0, 0.1) is 5.92 Å². The molecule has 2 aliphatic rings. The van der Waals surface area contributed by atoms with Crippen LogP contribution in [0.2, 0.25) is 0 Å². The normalized spacial score (nSPS) is 21.0. The van der Waals surface area contributed by atoms with E-state index in [2.05, 4.69) is 41.1 Å². The van der Waals surface area contributed by atoms with Gasteiger partial charge in [-0.2, -0.15) is 0 Å². The van der Waals surface area contributed by atoms with Crippen LogP contribution in [-0.4, -0.2) is 94.5 Å². The van der Waals surface area contributed by atoms with Gasteiger partial charge in [0.25, 0.3) is 0 Å². The molecule has 0 bridgehead atoms. The Balaban J connectivity index is 1.41. The van der Waals surface area contributed by atoms with Crippen molar-refractivity contribution < 1.29 is 14.3 Å². The first-order valence-corrected chi connectivity index (χ1v) is 10.7. The number of hydrogen-bond acceptors (Lipinski definition) is 6. The second kappa shape index (κ2) is 10.9. The lowest BCUT2D eigenvalue weighted by Crippen LogP contribution is -2.48. The van der Waals surface area contributed by atoms with E-state index < -0.39 is 0 Å². The Morgan fingerprint density at radius 3 is 2.59 bits per heavy atom. The Kier molecular flexibility index (Phi) is 8.29. The Bertz CT molecular complexity index is 631. The highest BCUT2D eigenvalue weighted by Gasteiger charge is 2.22. The molecule has 7 nitrogen and oxygen atoms in total. The highest BCUT2D eigenvalue weighted by atomic mass is 16.5. The summed E-state index contributed by atoms with van der Waals surface area (Å²) in [5.41, 5.74) is 2.00. The number of amides is 1. The number of carbonyl (C=O) groups excluding carboxylic acids is 1. The zero-order valence-corrected chi connectivity index (χ0v) is 18.1. The molecule has 0 radical (unpaired) electrons. The molecule has 7 heteroatoms. The highest BCUT2D eigenvalue weighted by Crippen LogP contribution is 2.19. The zero-order chi connectivity index (χ0) is 20.6. The van der Waals surface area contributed by atoms with Gasteiger partial charge in [0.15, 0.2) is 0 Å². The van der Waals surface area contributed by atoms with Gasteiger partial charge in [-0.3, -0.25) is 14.6 Å². The second-order valence-corrected chi connectivity index (χ2v) is 8.54. The largest absolute Gasteiger partial charge is 0.378 e. The summed E-state index contributed by atoms with van der Waals surface area (Å²) in [4.78, 5) is 19.2. The van der Waals surface area contributed by atoms with Crippen LogP contribution in [0.25, 0.3) is 0 Å². The van der Waals surface area contributed by atoms with Crippen LogP contribution in [0.3, 0.4) is 0 Å². The Morgan fingerprint density at radius 1 is 1.17 bits per heavy atom. The van der Waals surface area contributed by atoms with Crippen molar-refractivity contribution in [1.29, 1.82) is 0 Å².